The first kappa shape index (κ1) is 21.3. The van der Waals surface area contributed by atoms with Crippen molar-refractivity contribution in [3.63, 3.8) is 0 Å². The van der Waals surface area contributed by atoms with Gasteiger partial charge in [-0.15, -0.1) is 11.3 Å². The molecule has 0 saturated carbocycles. The summed E-state index contributed by atoms with van der Waals surface area (Å²) in [6.45, 7) is 0. The van der Waals surface area contributed by atoms with E-state index in [1.165, 1.54) is 64.4 Å². The molecule has 184 valence electrons. The molecule has 2 atom stereocenters. The molecule has 9 rings (SSSR count). The molecule has 0 N–H and O–H groups in total. The summed E-state index contributed by atoms with van der Waals surface area (Å²) in [5.41, 5.74) is 7.36. The van der Waals surface area contributed by atoms with Crippen LogP contribution in [-0.2, 0) is 0 Å². The van der Waals surface area contributed by atoms with Crippen LogP contribution in [0.2, 0.25) is 0 Å². The topological polar surface area (TPSA) is 14.2 Å². The van der Waals surface area contributed by atoms with Gasteiger partial charge in [0.1, 0.15) is 11.9 Å². The minimum Gasteiger partial charge on any atom is -0.484 e. The van der Waals surface area contributed by atoms with Gasteiger partial charge in [-0.2, -0.15) is 0 Å². The van der Waals surface area contributed by atoms with Gasteiger partial charge in [0.2, 0.25) is 0 Å². The number of benzene rings is 5. The molecule has 1 aliphatic carbocycles. The van der Waals surface area contributed by atoms with Crippen LogP contribution in [0.1, 0.15) is 17.0 Å². The minimum absolute atomic E-state index is 0.0541. The molecule has 0 radical (unpaired) electrons. The quantitative estimate of drug-likeness (QED) is 0.223. The molecule has 7 aromatic rings. The first-order chi connectivity index (χ1) is 19.3. The number of allylic oxidation sites excluding steroid dienone is 2. The average molecular weight is 518 g/mol. The van der Waals surface area contributed by atoms with Crippen molar-refractivity contribution in [2.45, 2.75) is 12.0 Å². The van der Waals surface area contributed by atoms with Gasteiger partial charge in [0.05, 0.1) is 16.7 Å². The Hall–Kier alpha value is -4.60. The lowest BCUT2D eigenvalue weighted by Gasteiger charge is -2.25. The number of hydrogen-bond acceptors (Lipinski definition) is 2. The summed E-state index contributed by atoms with van der Waals surface area (Å²) in [4.78, 5) is 0. The fourth-order valence-corrected chi connectivity index (χ4v) is 7.77. The van der Waals surface area contributed by atoms with Crippen molar-refractivity contribution in [1.29, 1.82) is 0 Å². The lowest BCUT2D eigenvalue weighted by molar-refractivity contribution is 0.258. The molecule has 2 aliphatic rings. The van der Waals surface area contributed by atoms with Gasteiger partial charge in [0.25, 0.3) is 0 Å². The first-order valence-electron chi connectivity index (χ1n) is 13.4. The lowest BCUT2D eigenvalue weighted by Crippen LogP contribution is -2.23. The van der Waals surface area contributed by atoms with Gasteiger partial charge in [0, 0.05) is 48.0 Å². The fourth-order valence-electron chi connectivity index (χ4n) is 6.68. The number of rotatable bonds is 2. The predicted octanol–water partition coefficient (Wildman–Crippen LogP) is 9.65. The van der Waals surface area contributed by atoms with Gasteiger partial charge in [-0.05, 0) is 48.0 Å². The van der Waals surface area contributed by atoms with Crippen molar-refractivity contribution in [3.8, 4) is 11.4 Å². The van der Waals surface area contributed by atoms with Gasteiger partial charge in [-0.3, -0.25) is 0 Å². The second-order valence-corrected chi connectivity index (χ2v) is 11.5. The highest BCUT2D eigenvalue weighted by molar-refractivity contribution is 7.25. The maximum absolute atomic E-state index is 6.79. The number of hydrogen-bond donors (Lipinski definition) is 0. The molecular formula is C36H23NOS. The Morgan fingerprint density at radius 2 is 1.36 bits per heavy atom. The van der Waals surface area contributed by atoms with Crippen LogP contribution < -0.4 is 4.74 Å². The van der Waals surface area contributed by atoms with Crippen LogP contribution in [0, 0.1) is 0 Å². The zero-order valence-corrected chi connectivity index (χ0v) is 21.9. The van der Waals surface area contributed by atoms with Gasteiger partial charge >= 0.3 is 0 Å². The minimum atomic E-state index is -0.0541. The van der Waals surface area contributed by atoms with Gasteiger partial charge in [-0.25, -0.2) is 0 Å². The van der Waals surface area contributed by atoms with Crippen molar-refractivity contribution in [2.75, 3.05) is 0 Å². The number of para-hydroxylation sites is 2. The summed E-state index contributed by atoms with van der Waals surface area (Å²) < 4.78 is 11.9. The fraction of sp³-hybridized carbons (Fsp3) is 0.0556. The SMILES string of the molecule is C1=CC(c2ccc3sc4ccccc4c3c2)C2Oc3cccc(-n4c5ccccc5c5ccccc54)c3C2=C1. The summed E-state index contributed by atoms with van der Waals surface area (Å²) in [6, 6.07) is 39.5. The normalized spacial score (nSPS) is 18.0. The van der Waals surface area contributed by atoms with Crippen molar-refractivity contribution in [1.82, 2.24) is 4.57 Å². The third-order valence-electron chi connectivity index (χ3n) is 8.38. The van der Waals surface area contributed by atoms with E-state index >= 15 is 0 Å². The van der Waals surface area contributed by atoms with Crippen LogP contribution in [0.4, 0.5) is 0 Å². The van der Waals surface area contributed by atoms with E-state index in [-0.39, 0.29) is 12.0 Å². The number of ether oxygens (including phenoxy) is 1. The molecule has 0 spiro atoms. The summed E-state index contributed by atoms with van der Waals surface area (Å²) in [5.74, 6) is 1.10. The summed E-state index contributed by atoms with van der Waals surface area (Å²) in [5, 5.41) is 5.21. The van der Waals surface area contributed by atoms with E-state index in [9.17, 15) is 0 Å². The average Bonchev–Trinajstić information content (AvgIpc) is 3.66. The maximum atomic E-state index is 6.79. The van der Waals surface area contributed by atoms with Crippen molar-refractivity contribution in [2.24, 2.45) is 0 Å². The molecular weight excluding hydrogens is 494 g/mol. The van der Waals surface area contributed by atoms with Crippen molar-refractivity contribution < 1.29 is 4.74 Å². The van der Waals surface area contributed by atoms with E-state index in [2.05, 4.69) is 132 Å². The molecule has 0 amide bonds. The molecule has 0 bridgehead atoms. The van der Waals surface area contributed by atoms with E-state index in [4.69, 9.17) is 4.74 Å². The largest absolute Gasteiger partial charge is 0.484 e. The number of aromatic nitrogens is 1. The first-order valence-corrected chi connectivity index (χ1v) is 14.2. The third-order valence-corrected chi connectivity index (χ3v) is 9.53. The highest BCUT2D eigenvalue weighted by Gasteiger charge is 2.38. The van der Waals surface area contributed by atoms with E-state index < -0.39 is 0 Å². The van der Waals surface area contributed by atoms with Crippen LogP contribution in [-0.4, -0.2) is 10.7 Å². The lowest BCUT2D eigenvalue weighted by atomic mass is 9.83. The maximum Gasteiger partial charge on any atom is 0.135 e. The molecule has 2 nitrogen and oxygen atoms in total. The molecule has 2 unspecified atom stereocenters. The molecule has 39 heavy (non-hydrogen) atoms. The van der Waals surface area contributed by atoms with Gasteiger partial charge in [0.15, 0.2) is 0 Å². The molecule has 5 aromatic carbocycles. The number of fused-ring (bicyclic) bond motifs is 9. The zero-order chi connectivity index (χ0) is 25.5. The zero-order valence-electron chi connectivity index (χ0n) is 21.0. The van der Waals surface area contributed by atoms with Gasteiger partial charge < -0.3 is 9.30 Å². The number of thiophene rings is 1. The van der Waals surface area contributed by atoms with Crippen LogP contribution in [0.25, 0.3) is 53.2 Å². The predicted molar refractivity (Wildman–Crippen MR) is 164 cm³/mol. The van der Waals surface area contributed by atoms with Crippen LogP contribution in [0.15, 0.2) is 127 Å². The highest BCUT2D eigenvalue weighted by atomic mass is 32.1. The molecule has 1 aliphatic heterocycles. The highest BCUT2D eigenvalue weighted by Crippen LogP contribution is 2.49. The molecule has 3 heteroatoms. The third kappa shape index (κ3) is 2.96. The molecule has 0 saturated heterocycles. The summed E-state index contributed by atoms with van der Waals surface area (Å²) >= 11 is 1.87. The van der Waals surface area contributed by atoms with Crippen molar-refractivity contribution in [3.05, 3.63) is 139 Å². The Kier molecular flexibility index (Phi) is 4.35. The molecule has 3 heterocycles. The van der Waals surface area contributed by atoms with E-state index in [1.807, 2.05) is 11.3 Å². The standard InChI is InChI=1S/C36H23NOS/c1-4-14-29-24(9-1)25-10-2-5-15-30(25)37(29)31-16-8-17-32-35(31)27-13-7-12-23(36(27)38-32)22-19-20-34-28(21-22)26-11-3-6-18-33(26)39-34/h1-21,23,36H. The second-order valence-electron chi connectivity index (χ2n) is 10.4. The van der Waals surface area contributed by atoms with Gasteiger partial charge in [-0.1, -0.05) is 85.0 Å². The van der Waals surface area contributed by atoms with Crippen LogP contribution in [0.5, 0.6) is 5.75 Å². The second kappa shape index (κ2) is 7.95. The van der Waals surface area contributed by atoms with E-state index in [0.29, 0.717) is 0 Å². The Balaban J connectivity index is 1.21. The molecule has 2 aromatic heterocycles. The monoisotopic (exact) mass is 517 g/mol. The Labute approximate surface area is 229 Å². The smallest absolute Gasteiger partial charge is 0.135 e. The van der Waals surface area contributed by atoms with E-state index in [0.717, 1.165) is 5.75 Å². The Bertz CT molecular complexity index is 2120. The van der Waals surface area contributed by atoms with Crippen molar-refractivity contribution >= 4 is 58.9 Å². The van der Waals surface area contributed by atoms with Crippen LogP contribution in [0.3, 0.4) is 0 Å². The summed E-state index contributed by atoms with van der Waals surface area (Å²) in [6.07, 6.45) is 6.72. The van der Waals surface area contributed by atoms with Crippen LogP contribution >= 0.6 is 11.3 Å². The van der Waals surface area contributed by atoms with E-state index in [1.54, 1.807) is 0 Å². The Morgan fingerprint density at radius 3 is 2.18 bits per heavy atom. The summed E-state index contributed by atoms with van der Waals surface area (Å²) in [7, 11) is 0. The number of nitrogens with zero attached hydrogens (tertiary/aromatic N) is 1. The molecule has 0 fully saturated rings. The Morgan fingerprint density at radius 1 is 0.641 bits per heavy atom.